The highest BCUT2D eigenvalue weighted by Gasteiger charge is 2.25. The highest BCUT2D eigenvalue weighted by Crippen LogP contribution is 2.24. The Morgan fingerprint density at radius 1 is 1.45 bits per heavy atom. The summed E-state index contributed by atoms with van der Waals surface area (Å²) in [6.07, 6.45) is 0.785. The lowest BCUT2D eigenvalue weighted by molar-refractivity contribution is 0.0942. The number of hydrogen-bond donors (Lipinski definition) is 2. The Morgan fingerprint density at radius 3 is 3.05 bits per heavy atom. The van der Waals surface area contributed by atoms with Gasteiger partial charge in [-0.3, -0.25) is 4.79 Å². The lowest BCUT2D eigenvalue weighted by atomic mass is 9.96. The molecule has 6 nitrogen and oxygen atoms in total. The van der Waals surface area contributed by atoms with Gasteiger partial charge in [0.25, 0.3) is 11.7 Å². The Kier molecular flexibility index (Phi) is 3.47. The Hall–Kier alpha value is -2.21. The normalized spacial score (nSPS) is 17.6. The van der Waals surface area contributed by atoms with E-state index in [1.807, 2.05) is 19.1 Å². The van der Waals surface area contributed by atoms with Crippen LogP contribution >= 0.6 is 0 Å². The summed E-state index contributed by atoms with van der Waals surface area (Å²) in [5, 5.41) is 9.72. The molecule has 0 aliphatic carbocycles. The monoisotopic (exact) mass is 272 g/mol. The van der Waals surface area contributed by atoms with Crippen molar-refractivity contribution in [1.29, 1.82) is 0 Å². The first kappa shape index (κ1) is 12.8. The van der Waals surface area contributed by atoms with Crippen molar-refractivity contribution in [3.63, 3.8) is 0 Å². The van der Waals surface area contributed by atoms with Crippen LogP contribution in [0.5, 0.6) is 0 Å². The van der Waals surface area contributed by atoms with Crippen LogP contribution in [0.1, 0.15) is 40.6 Å². The number of aromatic nitrogens is 2. The summed E-state index contributed by atoms with van der Waals surface area (Å²) < 4.78 is 5.20. The number of carbonyl (C=O) groups is 1. The minimum absolute atomic E-state index is 0.0411. The Balaban J connectivity index is 1.77. The van der Waals surface area contributed by atoms with Gasteiger partial charge in [0.05, 0.1) is 6.04 Å². The second-order valence-electron chi connectivity index (χ2n) is 4.72. The van der Waals surface area contributed by atoms with Crippen LogP contribution in [0.4, 0.5) is 0 Å². The maximum atomic E-state index is 11.6. The molecule has 0 radical (unpaired) electrons. The minimum Gasteiger partial charge on any atom is -0.349 e. The van der Waals surface area contributed by atoms with Gasteiger partial charge in [-0.15, -0.1) is 0 Å². The average Bonchev–Trinajstić information content (AvgIpc) is 2.97. The van der Waals surface area contributed by atoms with Crippen LogP contribution in [0, 0.1) is 0 Å². The molecule has 6 heteroatoms. The molecule has 1 aliphatic rings. The third-order valence-electron chi connectivity index (χ3n) is 3.36. The predicted molar refractivity (Wildman–Crippen MR) is 72.0 cm³/mol. The molecule has 1 aromatic carbocycles. The highest BCUT2D eigenvalue weighted by atomic mass is 16.5. The summed E-state index contributed by atoms with van der Waals surface area (Å²) >= 11 is 0. The van der Waals surface area contributed by atoms with Gasteiger partial charge in [0.1, 0.15) is 0 Å². The maximum absolute atomic E-state index is 11.6. The molecule has 2 aromatic rings. The zero-order chi connectivity index (χ0) is 13.9. The number of carbonyl (C=O) groups excluding carboxylic acids is 1. The number of benzene rings is 1. The van der Waals surface area contributed by atoms with E-state index in [-0.39, 0.29) is 17.8 Å². The van der Waals surface area contributed by atoms with Gasteiger partial charge in [-0.2, -0.15) is 4.98 Å². The van der Waals surface area contributed by atoms with Gasteiger partial charge >= 0.3 is 0 Å². The molecule has 2 N–H and O–H groups in total. The van der Waals surface area contributed by atoms with Gasteiger partial charge in [-0.05, 0) is 24.5 Å². The van der Waals surface area contributed by atoms with E-state index in [4.69, 9.17) is 4.52 Å². The zero-order valence-corrected chi connectivity index (χ0v) is 11.2. The van der Waals surface area contributed by atoms with E-state index in [1.165, 1.54) is 11.1 Å². The maximum Gasteiger partial charge on any atom is 0.292 e. The second-order valence-corrected chi connectivity index (χ2v) is 4.72. The summed E-state index contributed by atoms with van der Waals surface area (Å²) in [7, 11) is 0. The topological polar surface area (TPSA) is 80.0 Å². The van der Waals surface area contributed by atoms with Crippen molar-refractivity contribution < 1.29 is 9.32 Å². The fourth-order valence-corrected chi connectivity index (χ4v) is 2.34. The number of hydrogen-bond acceptors (Lipinski definition) is 5. The number of nitrogens with zero attached hydrogens (tertiary/aromatic N) is 2. The van der Waals surface area contributed by atoms with Crippen LogP contribution < -0.4 is 10.6 Å². The summed E-state index contributed by atoms with van der Waals surface area (Å²) in [4.78, 5) is 15.8. The summed E-state index contributed by atoms with van der Waals surface area (Å²) in [5.74, 6) is 0.238. The molecule has 1 aliphatic heterocycles. The number of rotatable bonds is 3. The number of amides is 1. The lowest BCUT2D eigenvalue weighted by Crippen LogP contribution is -2.29. The summed E-state index contributed by atoms with van der Waals surface area (Å²) in [5.41, 5.74) is 2.56. The lowest BCUT2D eigenvalue weighted by Gasteiger charge is -2.23. The van der Waals surface area contributed by atoms with Crippen molar-refractivity contribution in [2.24, 2.45) is 0 Å². The van der Waals surface area contributed by atoms with Crippen molar-refractivity contribution in [1.82, 2.24) is 20.8 Å². The Morgan fingerprint density at radius 2 is 2.25 bits per heavy atom. The molecular formula is C14H16N4O2. The third kappa shape index (κ3) is 2.42. The third-order valence-corrected chi connectivity index (χ3v) is 3.36. The molecule has 0 bridgehead atoms. The fourth-order valence-electron chi connectivity index (χ4n) is 2.34. The van der Waals surface area contributed by atoms with Crippen LogP contribution in [-0.4, -0.2) is 22.6 Å². The highest BCUT2D eigenvalue weighted by molar-refractivity contribution is 5.90. The zero-order valence-electron chi connectivity index (χ0n) is 11.2. The van der Waals surface area contributed by atoms with E-state index in [9.17, 15) is 4.79 Å². The molecular weight excluding hydrogens is 256 g/mol. The average molecular weight is 272 g/mol. The van der Waals surface area contributed by atoms with Gasteiger partial charge in [0.2, 0.25) is 5.89 Å². The quantitative estimate of drug-likeness (QED) is 0.877. The predicted octanol–water partition coefficient (Wildman–Crippen LogP) is 1.21. The molecule has 1 amide bonds. The molecule has 2 heterocycles. The first-order chi connectivity index (χ1) is 9.78. The van der Waals surface area contributed by atoms with E-state index >= 15 is 0 Å². The summed E-state index contributed by atoms with van der Waals surface area (Å²) in [6.45, 7) is 3.15. The Labute approximate surface area is 116 Å². The number of fused-ring (bicyclic) bond motifs is 1. The molecule has 0 saturated carbocycles. The molecule has 0 spiro atoms. The van der Waals surface area contributed by atoms with Crippen LogP contribution in [0.2, 0.25) is 0 Å². The van der Waals surface area contributed by atoms with Crippen molar-refractivity contribution >= 4 is 5.91 Å². The first-order valence-corrected chi connectivity index (χ1v) is 6.70. The largest absolute Gasteiger partial charge is 0.349 e. The van der Waals surface area contributed by atoms with E-state index in [2.05, 4.69) is 32.9 Å². The summed E-state index contributed by atoms with van der Waals surface area (Å²) in [6, 6.07) is 8.22. The molecule has 1 atom stereocenters. The van der Waals surface area contributed by atoms with E-state index in [1.54, 1.807) is 0 Å². The SMILES string of the molecule is CCNC(=O)c1noc([C@H]2Cc3ccccc3CN2)n1. The van der Waals surface area contributed by atoms with Gasteiger partial charge in [-0.25, -0.2) is 0 Å². The van der Waals surface area contributed by atoms with Crippen LogP contribution in [0.15, 0.2) is 28.8 Å². The Bertz CT molecular complexity index is 623. The minimum atomic E-state index is -0.307. The standard InChI is InChI=1S/C14H16N4O2/c1-2-15-13(19)12-17-14(20-18-12)11-7-9-5-3-4-6-10(9)8-16-11/h3-6,11,16H,2,7-8H2,1H3,(H,15,19)/t11-/m1/s1. The molecule has 0 saturated heterocycles. The molecule has 20 heavy (non-hydrogen) atoms. The van der Waals surface area contributed by atoms with Crippen LogP contribution in [0.3, 0.4) is 0 Å². The van der Waals surface area contributed by atoms with Crippen molar-refractivity contribution in [3.05, 3.63) is 47.1 Å². The van der Waals surface area contributed by atoms with Crippen LogP contribution in [-0.2, 0) is 13.0 Å². The molecule has 1 aromatic heterocycles. The van der Waals surface area contributed by atoms with Gasteiger partial charge in [0, 0.05) is 13.1 Å². The van der Waals surface area contributed by atoms with Gasteiger partial charge in [0.15, 0.2) is 0 Å². The molecule has 0 fully saturated rings. The van der Waals surface area contributed by atoms with Crippen molar-refractivity contribution in [2.75, 3.05) is 6.54 Å². The van der Waals surface area contributed by atoms with E-state index in [0.717, 1.165) is 13.0 Å². The van der Waals surface area contributed by atoms with Gasteiger partial charge < -0.3 is 15.2 Å². The molecule has 104 valence electrons. The smallest absolute Gasteiger partial charge is 0.292 e. The van der Waals surface area contributed by atoms with E-state index < -0.39 is 0 Å². The van der Waals surface area contributed by atoms with Crippen molar-refractivity contribution in [3.8, 4) is 0 Å². The number of nitrogens with one attached hydrogen (secondary N) is 2. The first-order valence-electron chi connectivity index (χ1n) is 6.70. The molecule has 3 rings (SSSR count). The molecule has 0 unspecified atom stereocenters. The second kappa shape index (κ2) is 5.42. The fraction of sp³-hybridized carbons (Fsp3) is 0.357. The van der Waals surface area contributed by atoms with Gasteiger partial charge in [-0.1, -0.05) is 29.4 Å². The van der Waals surface area contributed by atoms with Crippen LogP contribution in [0.25, 0.3) is 0 Å². The van der Waals surface area contributed by atoms with Crippen molar-refractivity contribution in [2.45, 2.75) is 25.9 Å². The van der Waals surface area contributed by atoms with E-state index in [0.29, 0.717) is 12.4 Å².